The molecule has 3 aromatic rings. The Balaban J connectivity index is 1.86. The largest absolute Gasteiger partial charge is 0.496 e. The van der Waals surface area contributed by atoms with Crippen molar-refractivity contribution in [3.05, 3.63) is 59.9 Å². The van der Waals surface area contributed by atoms with Crippen LogP contribution < -0.4 is 4.74 Å². The molecule has 28 heavy (non-hydrogen) atoms. The maximum atomic E-state index is 12.7. The van der Waals surface area contributed by atoms with Crippen LogP contribution in [-0.4, -0.2) is 38.0 Å². The Kier molecular flexibility index (Phi) is 6.04. The molecular weight excluding hydrogens is 372 g/mol. The fourth-order valence-electron chi connectivity index (χ4n) is 3.06. The molecule has 1 aromatic carbocycles. The van der Waals surface area contributed by atoms with E-state index in [1.165, 1.54) is 11.8 Å². The summed E-state index contributed by atoms with van der Waals surface area (Å²) in [7, 11) is 3.60. The predicted octanol–water partition coefficient (Wildman–Crippen LogP) is 4.07. The summed E-state index contributed by atoms with van der Waals surface area (Å²) in [5, 5.41) is 9.34. The number of thioether (sulfide) groups is 1. The summed E-state index contributed by atoms with van der Waals surface area (Å²) in [5.74, 6) is 1.80. The van der Waals surface area contributed by atoms with Crippen molar-refractivity contribution < 1.29 is 9.53 Å². The first-order valence-corrected chi connectivity index (χ1v) is 9.92. The molecule has 0 aliphatic rings. The SMILES string of the molecule is C=CCn1c(SCC(=O)c2cc(C)n(C)c2C)nnc1-c1ccccc1OC. The number of allylic oxidation sites excluding steroid dienone is 1. The van der Waals surface area contributed by atoms with Crippen LogP contribution >= 0.6 is 11.8 Å². The summed E-state index contributed by atoms with van der Waals surface area (Å²) >= 11 is 1.38. The van der Waals surface area contributed by atoms with E-state index >= 15 is 0 Å². The first kappa shape index (κ1) is 19.9. The van der Waals surface area contributed by atoms with E-state index in [2.05, 4.69) is 16.8 Å². The number of Topliss-reactive ketones (excluding diaryl/α,β-unsaturated/α-hetero) is 1. The van der Waals surface area contributed by atoms with Gasteiger partial charge in [-0.15, -0.1) is 16.8 Å². The van der Waals surface area contributed by atoms with Gasteiger partial charge in [-0.05, 0) is 32.0 Å². The minimum atomic E-state index is 0.0817. The summed E-state index contributed by atoms with van der Waals surface area (Å²) in [6.45, 7) is 8.34. The van der Waals surface area contributed by atoms with Gasteiger partial charge in [-0.2, -0.15) is 0 Å². The number of hydrogen-bond acceptors (Lipinski definition) is 5. The molecule has 2 heterocycles. The standard InChI is InChI=1S/C21H24N4O2S/c1-6-11-25-20(16-9-7-8-10-19(16)27-5)22-23-21(25)28-13-18(26)17-12-14(2)24(4)15(17)3/h6-10,12H,1,11,13H2,2-5H3. The zero-order valence-electron chi connectivity index (χ0n) is 16.6. The first-order valence-electron chi connectivity index (χ1n) is 8.94. The van der Waals surface area contributed by atoms with Crippen LogP contribution in [0.3, 0.4) is 0 Å². The Morgan fingerprint density at radius 1 is 1.29 bits per heavy atom. The lowest BCUT2D eigenvalue weighted by Crippen LogP contribution is -2.07. The summed E-state index contributed by atoms with van der Waals surface area (Å²) in [6.07, 6.45) is 1.79. The van der Waals surface area contributed by atoms with Gasteiger partial charge in [0.1, 0.15) is 5.75 Å². The molecule has 0 N–H and O–H groups in total. The van der Waals surface area contributed by atoms with Crippen LogP contribution in [-0.2, 0) is 13.6 Å². The van der Waals surface area contributed by atoms with Crippen molar-refractivity contribution in [1.82, 2.24) is 19.3 Å². The van der Waals surface area contributed by atoms with Crippen LogP contribution in [0.5, 0.6) is 5.75 Å². The minimum absolute atomic E-state index is 0.0817. The molecular formula is C21H24N4O2S. The van der Waals surface area contributed by atoms with Gasteiger partial charge in [0, 0.05) is 30.5 Å². The van der Waals surface area contributed by atoms with Gasteiger partial charge >= 0.3 is 0 Å². The lowest BCUT2D eigenvalue weighted by Gasteiger charge is -2.10. The quantitative estimate of drug-likeness (QED) is 0.326. The molecule has 0 saturated carbocycles. The van der Waals surface area contributed by atoms with Crippen LogP contribution in [0.2, 0.25) is 0 Å². The Labute approximate surface area is 169 Å². The third-order valence-electron chi connectivity index (χ3n) is 4.78. The van der Waals surface area contributed by atoms with Crippen molar-refractivity contribution in [3.63, 3.8) is 0 Å². The maximum Gasteiger partial charge on any atom is 0.192 e. The topological polar surface area (TPSA) is 61.9 Å². The number of methoxy groups -OCH3 is 1. The number of aryl methyl sites for hydroxylation is 1. The van der Waals surface area contributed by atoms with Crippen molar-refractivity contribution in [1.29, 1.82) is 0 Å². The monoisotopic (exact) mass is 396 g/mol. The van der Waals surface area contributed by atoms with Crippen LogP contribution in [0.4, 0.5) is 0 Å². The fraction of sp³-hybridized carbons (Fsp3) is 0.286. The summed E-state index contributed by atoms with van der Waals surface area (Å²) in [5.41, 5.74) is 3.66. The van der Waals surface area contributed by atoms with Crippen LogP contribution in [0.1, 0.15) is 21.7 Å². The van der Waals surface area contributed by atoms with E-state index in [-0.39, 0.29) is 5.78 Å². The van der Waals surface area contributed by atoms with Crippen molar-refractivity contribution in [2.45, 2.75) is 25.5 Å². The molecule has 0 saturated heterocycles. The molecule has 7 heteroatoms. The highest BCUT2D eigenvalue weighted by atomic mass is 32.2. The van der Waals surface area contributed by atoms with Crippen molar-refractivity contribution >= 4 is 17.5 Å². The first-order chi connectivity index (χ1) is 13.5. The van der Waals surface area contributed by atoms with Gasteiger partial charge in [-0.1, -0.05) is 30.0 Å². The molecule has 2 aromatic heterocycles. The lowest BCUT2D eigenvalue weighted by atomic mass is 10.2. The van der Waals surface area contributed by atoms with Crippen molar-refractivity contribution in [2.75, 3.05) is 12.9 Å². The second-order valence-corrected chi connectivity index (χ2v) is 7.40. The average Bonchev–Trinajstić information content (AvgIpc) is 3.22. The van der Waals surface area contributed by atoms with Gasteiger partial charge in [0.2, 0.25) is 0 Å². The number of rotatable bonds is 8. The van der Waals surface area contributed by atoms with Gasteiger partial charge in [0.15, 0.2) is 16.8 Å². The Morgan fingerprint density at radius 2 is 2.04 bits per heavy atom. The number of aromatic nitrogens is 4. The number of benzene rings is 1. The Morgan fingerprint density at radius 3 is 2.68 bits per heavy atom. The van der Waals surface area contributed by atoms with E-state index in [9.17, 15) is 4.79 Å². The Hall–Kier alpha value is -2.80. The van der Waals surface area contributed by atoms with E-state index in [4.69, 9.17) is 4.74 Å². The smallest absolute Gasteiger partial charge is 0.192 e. The second-order valence-electron chi connectivity index (χ2n) is 6.46. The van der Waals surface area contributed by atoms with Gasteiger partial charge in [-0.3, -0.25) is 9.36 Å². The molecule has 0 bridgehead atoms. The molecule has 0 spiro atoms. The number of ketones is 1. The van der Waals surface area contributed by atoms with E-state index in [1.807, 2.05) is 60.4 Å². The molecule has 0 unspecified atom stereocenters. The number of hydrogen-bond donors (Lipinski definition) is 0. The molecule has 0 fully saturated rings. The van der Waals surface area contributed by atoms with Crippen LogP contribution in [0.15, 0.2) is 48.1 Å². The highest BCUT2D eigenvalue weighted by Gasteiger charge is 2.19. The van der Waals surface area contributed by atoms with E-state index in [0.29, 0.717) is 23.3 Å². The van der Waals surface area contributed by atoms with Gasteiger partial charge in [0.05, 0.1) is 18.4 Å². The van der Waals surface area contributed by atoms with Crippen LogP contribution in [0, 0.1) is 13.8 Å². The maximum absolute atomic E-state index is 12.7. The van der Waals surface area contributed by atoms with E-state index < -0.39 is 0 Å². The number of para-hydroxylation sites is 1. The summed E-state index contributed by atoms with van der Waals surface area (Å²) < 4.78 is 9.43. The fourth-order valence-corrected chi connectivity index (χ4v) is 3.89. The number of ether oxygens (including phenoxy) is 1. The van der Waals surface area contributed by atoms with E-state index in [1.54, 1.807) is 13.2 Å². The number of carbonyl (C=O) groups excluding carboxylic acids is 1. The van der Waals surface area contributed by atoms with Gasteiger partial charge < -0.3 is 9.30 Å². The highest BCUT2D eigenvalue weighted by Crippen LogP contribution is 2.31. The number of nitrogens with zero attached hydrogens (tertiary/aromatic N) is 4. The zero-order chi connectivity index (χ0) is 20.3. The molecule has 0 radical (unpaired) electrons. The van der Waals surface area contributed by atoms with Crippen molar-refractivity contribution in [2.24, 2.45) is 7.05 Å². The van der Waals surface area contributed by atoms with Gasteiger partial charge in [-0.25, -0.2) is 0 Å². The molecule has 0 aliphatic heterocycles. The molecule has 146 valence electrons. The Bertz CT molecular complexity index is 1020. The van der Waals surface area contributed by atoms with Gasteiger partial charge in [0.25, 0.3) is 0 Å². The normalized spacial score (nSPS) is 10.9. The second kappa shape index (κ2) is 8.48. The molecule has 0 amide bonds. The lowest BCUT2D eigenvalue weighted by molar-refractivity contribution is 0.102. The average molecular weight is 397 g/mol. The number of carbonyl (C=O) groups is 1. The molecule has 3 rings (SSSR count). The minimum Gasteiger partial charge on any atom is -0.496 e. The summed E-state index contributed by atoms with van der Waals surface area (Å²) in [6, 6.07) is 9.61. The third kappa shape index (κ3) is 3.75. The molecule has 0 atom stereocenters. The summed E-state index contributed by atoms with van der Waals surface area (Å²) in [4.78, 5) is 12.7. The predicted molar refractivity (Wildman–Crippen MR) is 112 cm³/mol. The van der Waals surface area contributed by atoms with Crippen LogP contribution in [0.25, 0.3) is 11.4 Å². The van der Waals surface area contributed by atoms with E-state index in [0.717, 1.165) is 28.3 Å². The highest BCUT2D eigenvalue weighted by molar-refractivity contribution is 7.99. The third-order valence-corrected chi connectivity index (χ3v) is 5.75. The molecule has 0 aliphatic carbocycles. The zero-order valence-corrected chi connectivity index (χ0v) is 17.4. The molecule has 6 nitrogen and oxygen atoms in total. The van der Waals surface area contributed by atoms with Crippen molar-refractivity contribution in [3.8, 4) is 17.1 Å².